The van der Waals surface area contributed by atoms with Crippen LogP contribution in [0.2, 0.25) is 0 Å². The molecule has 1 fully saturated rings. The molecule has 8 heteroatoms. The molecule has 0 radical (unpaired) electrons. The number of carbonyl (C=O) groups excluding carboxylic acids is 2. The Morgan fingerprint density at radius 3 is 2.23 bits per heavy atom. The standard InChI is InChI=1S/C18H26N2O5S/c1-5-25-18(22)13(2)12-20(15-8-9-15)17(21)14-6-10-16(11-7-14)26(23,24)19(3)4/h6-7,10-11,13,15H,5,8-9,12H2,1-4H3. The number of hydrogen-bond acceptors (Lipinski definition) is 5. The summed E-state index contributed by atoms with van der Waals surface area (Å²) >= 11 is 0. The maximum atomic E-state index is 12.9. The highest BCUT2D eigenvalue weighted by Crippen LogP contribution is 2.29. The second kappa shape index (κ2) is 8.18. The van der Waals surface area contributed by atoms with Gasteiger partial charge in [0.05, 0.1) is 17.4 Å². The highest BCUT2D eigenvalue weighted by molar-refractivity contribution is 7.89. The van der Waals surface area contributed by atoms with Crippen molar-refractivity contribution < 1.29 is 22.7 Å². The van der Waals surface area contributed by atoms with Crippen LogP contribution in [0.25, 0.3) is 0 Å². The molecule has 0 aliphatic heterocycles. The van der Waals surface area contributed by atoms with Crippen LogP contribution in [0.5, 0.6) is 0 Å². The summed E-state index contributed by atoms with van der Waals surface area (Å²) in [6.07, 6.45) is 1.82. The van der Waals surface area contributed by atoms with E-state index in [1.165, 1.54) is 38.4 Å². The molecule has 1 unspecified atom stereocenters. The first-order chi connectivity index (χ1) is 12.2. The van der Waals surface area contributed by atoms with Crippen molar-refractivity contribution in [1.82, 2.24) is 9.21 Å². The van der Waals surface area contributed by atoms with Gasteiger partial charge in [0.25, 0.3) is 5.91 Å². The lowest BCUT2D eigenvalue weighted by molar-refractivity contribution is -0.147. The van der Waals surface area contributed by atoms with E-state index in [0.717, 1.165) is 17.1 Å². The highest BCUT2D eigenvalue weighted by Gasteiger charge is 2.35. The van der Waals surface area contributed by atoms with E-state index in [0.29, 0.717) is 18.7 Å². The Morgan fingerprint density at radius 1 is 1.19 bits per heavy atom. The van der Waals surface area contributed by atoms with Crippen LogP contribution in [0.4, 0.5) is 0 Å². The molecule has 1 amide bonds. The first-order valence-electron chi connectivity index (χ1n) is 8.68. The number of benzene rings is 1. The van der Waals surface area contributed by atoms with Crippen LogP contribution in [-0.4, -0.2) is 62.8 Å². The van der Waals surface area contributed by atoms with Gasteiger partial charge in [-0.3, -0.25) is 9.59 Å². The molecule has 0 heterocycles. The SMILES string of the molecule is CCOC(=O)C(C)CN(C(=O)c1ccc(S(=O)(=O)N(C)C)cc1)C1CC1. The summed E-state index contributed by atoms with van der Waals surface area (Å²) in [5.41, 5.74) is 0.408. The fourth-order valence-electron chi connectivity index (χ4n) is 2.58. The van der Waals surface area contributed by atoms with E-state index in [1.54, 1.807) is 18.7 Å². The Hall–Kier alpha value is -1.93. The third kappa shape index (κ3) is 4.62. The van der Waals surface area contributed by atoms with Gasteiger partial charge < -0.3 is 9.64 Å². The molecule has 0 bridgehead atoms. The molecule has 1 atom stereocenters. The normalized spacial score (nSPS) is 15.6. The van der Waals surface area contributed by atoms with E-state index in [2.05, 4.69) is 0 Å². The van der Waals surface area contributed by atoms with E-state index in [-0.39, 0.29) is 22.8 Å². The van der Waals surface area contributed by atoms with Crippen LogP contribution in [0.1, 0.15) is 37.0 Å². The number of sulfonamides is 1. The van der Waals surface area contributed by atoms with Crippen LogP contribution >= 0.6 is 0 Å². The second-order valence-corrected chi connectivity index (χ2v) is 8.81. The van der Waals surface area contributed by atoms with Crippen molar-refractivity contribution in [2.24, 2.45) is 5.92 Å². The maximum absolute atomic E-state index is 12.9. The van der Waals surface area contributed by atoms with Crippen molar-refractivity contribution in [3.8, 4) is 0 Å². The van der Waals surface area contributed by atoms with Gasteiger partial charge in [0.1, 0.15) is 0 Å². The van der Waals surface area contributed by atoms with Crippen LogP contribution in [-0.2, 0) is 19.6 Å². The summed E-state index contributed by atoms with van der Waals surface area (Å²) in [5, 5.41) is 0. The van der Waals surface area contributed by atoms with E-state index in [1.807, 2.05) is 0 Å². The largest absolute Gasteiger partial charge is 0.466 e. The summed E-state index contributed by atoms with van der Waals surface area (Å²) in [5.74, 6) is -0.927. The Labute approximate surface area is 155 Å². The quantitative estimate of drug-likeness (QED) is 0.640. The van der Waals surface area contributed by atoms with Gasteiger partial charge in [-0.15, -0.1) is 0 Å². The van der Waals surface area contributed by atoms with E-state index >= 15 is 0 Å². The predicted octanol–water partition coefficient (Wildman–Crippen LogP) is 1.74. The third-order valence-electron chi connectivity index (χ3n) is 4.29. The van der Waals surface area contributed by atoms with Gasteiger partial charge in [-0.1, -0.05) is 6.92 Å². The molecular formula is C18H26N2O5S. The summed E-state index contributed by atoms with van der Waals surface area (Å²) in [6.45, 7) is 4.09. The Kier molecular flexibility index (Phi) is 6.41. The molecule has 1 aromatic rings. The molecule has 1 aliphatic rings. The smallest absolute Gasteiger partial charge is 0.310 e. The van der Waals surface area contributed by atoms with Crippen molar-refractivity contribution >= 4 is 21.9 Å². The lowest BCUT2D eigenvalue weighted by atomic mass is 10.1. The zero-order valence-electron chi connectivity index (χ0n) is 15.6. The second-order valence-electron chi connectivity index (χ2n) is 6.65. The van der Waals surface area contributed by atoms with Gasteiger partial charge in [-0.25, -0.2) is 12.7 Å². The summed E-state index contributed by atoms with van der Waals surface area (Å²) in [4.78, 5) is 26.5. The number of nitrogens with zero attached hydrogens (tertiary/aromatic N) is 2. The molecular weight excluding hydrogens is 356 g/mol. The topological polar surface area (TPSA) is 84.0 Å². The zero-order valence-corrected chi connectivity index (χ0v) is 16.5. The number of rotatable bonds is 8. The van der Waals surface area contributed by atoms with Gasteiger partial charge in [-0.05, 0) is 44.0 Å². The summed E-state index contributed by atoms with van der Waals surface area (Å²) in [6, 6.07) is 6.03. The Bertz CT molecular complexity index is 754. The van der Waals surface area contributed by atoms with Gasteiger partial charge in [-0.2, -0.15) is 0 Å². The molecule has 144 valence electrons. The molecule has 1 aliphatic carbocycles. The summed E-state index contributed by atoms with van der Waals surface area (Å²) < 4.78 is 30.4. The number of amides is 1. The molecule has 1 saturated carbocycles. The Balaban J connectivity index is 2.16. The lowest BCUT2D eigenvalue weighted by Gasteiger charge is -2.25. The minimum absolute atomic E-state index is 0.129. The predicted molar refractivity (Wildman–Crippen MR) is 97.2 cm³/mol. The fraction of sp³-hybridized carbons (Fsp3) is 0.556. The van der Waals surface area contributed by atoms with Crippen molar-refractivity contribution in [3.05, 3.63) is 29.8 Å². The fourth-order valence-corrected chi connectivity index (χ4v) is 3.49. The highest BCUT2D eigenvalue weighted by atomic mass is 32.2. The van der Waals surface area contributed by atoms with Crippen molar-refractivity contribution in [2.75, 3.05) is 27.2 Å². The molecule has 0 saturated heterocycles. The summed E-state index contributed by atoms with van der Waals surface area (Å²) in [7, 11) is -0.616. The molecule has 7 nitrogen and oxygen atoms in total. The van der Waals surface area contributed by atoms with E-state index in [9.17, 15) is 18.0 Å². The molecule has 26 heavy (non-hydrogen) atoms. The maximum Gasteiger partial charge on any atom is 0.310 e. The Morgan fingerprint density at radius 2 is 1.77 bits per heavy atom. The van der Waals surface area contributed by atoms with E-state index in [4.69, 9.17) is 4.74 Å². The van der Waals surface area contributed by atoms with Crippen LogP contribution in [0.15, 0.2) is 29.2 Å². The lowest BCUT2D eigenvalue weighted by Crippen LogP contribution is -2.39. The number of esters is 1. The average molecular weight is 382 g/mol. The van der Waals surface area contributed by atoms with Crippen LogP contribution in [0, 0.1) is 5.92 Å². The van der Waals surface area contributed by atoms with Crippen LogP contribution < -0.4 is 0 Å². The molecule has 0 N–H and O–H groups in total. The third-order valence-corrected chi connectivity index (χ3v) is 6.12. The van der Waals surface area contributed by atoms with E-state index < -0.39 is 15.9 Å². The van der Waals surface area contributed by atoms with Crippen molar-refractivity contribution in [1.29, 1.82) is 0 Å². The molecule has 0 aromatic heterocycles. The van der Waals surface area contributed by atoms with Crippen LogP contribution in [0.3, 0.4) is 0 Å². The molecule has 0 spiro atoms. The average Bonchev–Trinajstić information content (AvgIpc) is 3.44. The van der Waals surface area contributed by atoms with Crippen molar-refractivity contribution in [3.63, 3.8) is 0 Å². The van der Waals surface area contributed by atoms with Gasteiger partial charge in [0.15, 0.2) is 0 Å². The van der Waals surface area contributed by atoms with Gasteiger partial charge >= 0.3 is 5.97 Å². The monoisotopic (exact) mass is 382 g/mol. The number of hydrogen-bond donors (Lipinski definition) is 0. The zero-order chi connectivity index (χ0) is 19.5. The van der Waals surface area contributed by atoms with Gasteiger partial charge in [0, 0.05) is 32.2 Å². The number of carbonyl (C=O) groups is 2. The first kappa shape index (κ1) is 20.4. The van der Waals surface area contributed by atoms with Crippen molar-refractivity contribution in [2.45, 2.75) is 37.6 Å². The first-order valence-corrected chi connectivity index (χ1v) is 10.1. The van der Waals surface area contributed by atoms with Gasteiger partial charge in [0.2, 0.25) is 10.0 Å². The number of ether oxygens (including phenoxy) is 1. The molecule has 1 aromatic carbocycles. The minimum Gasteiger partial charge on any atom is -0.466 e. The molecule has 2 rings (SSSR count). The minimum atomic E-state index is -3.53.